The maximum atomic E-state index is 13.3. The molecule has 3 aromatic rings. The monoisotopic (exact) mass is 414 g/mol. The number of amides is 1. The number of hydrogen-bond acceptors (Lipinski definition) is 5. The molecule has 0 spiro atoms. The molecule has 0 radical (unpaired) electrons. The Morgan fingerprint density at radius 1 is 0.867 bits per heavy atom. The highest BCUT2D eigenvalue weighted by molar-refractivity contribution is 5.94. The summed E-state index contributed by atoms with van der Waals surface area (Å²) in [6, 6.07) is 10.3. The molecule has 0 atom stereocenters. The van der Waals surface area contributed by atoms with Gasteiger partial charge < -0.3 is 14.5 Å². The topological polar surface area (TPSA) is 58.6 Å². The van der Waals surface area contributed by atoms with E-state index < -0.39 is 11.6 Å². The maximum absolute atomic E-state index is 13.3. The highest BCUT2D eigenvalue weighted by atomic mass is 19.2. The summed E-state index contributed by atoms with van der Waals surface area (Å²) in [6.07, 6.45) is 1.32. The van der Waals surface area contributed by atoms with Crippen molar-refractivity contribution in [2.75, 3.05) is 31.1 Å². The van der Waals surface area contributed by atoms with Crippen LogP contribution in [-0.4, -0.2) is 47.0 Å². The molecule has 1 aromatic heterocycles. The van der Waals surface area contributed by atoms with Crippen LogP contribution in [0.3, 0.4) is 0 Å². The van der Waals surface area contributed by atoms with Crippen LogP contribution in [0.15, 0.2) is 54.9 Å². The second-order valence-corrected chi connectivity index (χ2v) is 6.68. The maximum Gasteiger partial charge on any atom is 0.253 e. The molecule has 9 heteroatoms. The Balaban J connectivity index is 1.40. The molecule has 0 unspecified atom stereocenters. The first-order valence-corrected chi connectivity index (χ1v) is 9.24. The molecule has 30 heavy (non-hydrogen) atoms. The Labute approximate surface area is 170 Å². The molecule has 1 fully saturated rings. The quantitative estimate of drug-likeness (QED) is 0.652. The van der Waals surface area contributed by atoms with Crippen LogP contribution in [0, 0.1) is 17.5 Å². The standard InChI is InChI=1S/C21H17F3N4O2/c22-15-3-1-14(2-4-15)21(29)28-9-7-27(8-10-28)19-12-20(26-13-25-19)30-16-5-6-17(23)18(24)11-16/h1-6,11-13H,7-10H2. The minimum absolute atomic E-state index is 0.119. The number of aromatic nitrogens is 2. The van der Waals surface area contributed by atoms with E-state index in [4.69, 9.17) is 4.74 Å². The summed E-state index contributed by atoms with van der Waals surface area (Å²) in [6.45, 7) is 2.02. The molecule has 1 amide bonds. The van der Waals surface area contributed by atoms with Gasteiger partial charge in [0, 0.05) is 43.9 Å². The third-order valence-corrected chi connectivity index (χ3v) is 4.72. The molecule has 0 aliphatic carbocycles. The molecule has 4 rings (SSSR count). The Bertz CT molecular complexity index is 1050. The smallest absolute Gasteiger partial charge is 0.253 e. The number of carbonyl (C=O) groups excluding carboxylic acids is 1. The van der Waals surface area contributed by atoms with Crippen molar-refractivity contribution in [2.45, 2.75) is 0 Å². The van der Waals surface area contributed by atoms with Gasteiger partial charge in [0.2, 0.25) is 5.88 Å². The van der Waals surface area contributed by atoms with Crippen molar-refractivity contribution in [3.05, 3.63) is 77.9 Å². The summed E-state index contributed by atoms with van der Waals surface area (Å²) >= 11 is 0. The molecular weight excluding hydrogens is 397 g/mol. The first-order valence-electron chi connectivity index (χ1n) is 9.24. The number of benzene rings is 2. The number of halogens is 3. The van der Waals surface area contributed by atoms with Gasteiger partial charge in [0.1, 0.15) is 23.7 Å². The third-order valence-electron chi connectivity index (χ3n) is 4.72. The van der Waals surface area contributed by atoms with E-state index in [1.807, 2.05) is 4.90 Å². The number of piperazine rings is 1. The lowest BCUT2D eigenvalue weighted by Gasteiger charge is -2.35. The van der Waals surface area contributed by atoms with Crippen LogP contribution in [-0.2, 0) is 0 Å². The van der Waals surface area contributed by atoms with E-state index in [9.17, 15) is 18.0 Å². The van der Waals surface area contributed by atoms with E-state index in [2.05, 4.69) is 9.97 Å². The van der Waals surface area contributed by atoms with Crippen LogP contribution in [0.5, 0.6) is 11.6 Å². The van der Waals surface area contributed by atoms with Gasteiger partial charge in [-0.3, -0.25) is 4.79 Å². The van der Waals surface area contributed by atoms with Gasteiger partial charge in [0.15, 0.2) is 11.6 Å². The van der Waals surface area contributed by atoms with Crippen molar-refractivity contribution < 1.29 is 22.7 Å². The Kier molecular flexibility index (Phi) is 5.51. The molecule has 1 saturated heterocycles. The first-order chi connectivity index (χ1) is 14.5. The van der Waals surface area contributed by atoms with Gasteiger partial charge in [0.05, 0.1) is 0 Å². The van der Waals surface area contributed by atoms with Crippen LogP contribution in [0.1, 0.15) is 10.4 Å². The second-order valence-electron chi connectivity index (χ2n) is 6.68. The fraction of sp³-hybridized carbons (Fsp3) is 0.190. The molecule has 1 aliphatic heterocycles. The number of carbonyl (C=O) groups is 1. The Morgan fingerprint density at radius 3 is 2.30 bits per heavy atom. The fourth-order valence-corrected chi connectivity index (χ4v) is 3.13. The van der Waals surface area contributed by atoms with E-state index >= 15 is 0 Å². The third kappa shape index (κ3) is 4.35. The van der Waals surface area contributed by atoms with Crippen molar-refractivity contribution in [1.82, 2.24) is 14.9 Å². The van der Waals surface area contributed by atoms with E-state index in [1.165, 1.54) is 36.7 Å². The fourth-order valence-electron chi connectivity index (χ4n) is 3.13. The number of hydrogen-bond donors (Lipinski definition) is 0. The largest absolute Gasteiger partial charge is 0.439 e. The lowest BCUT2D eigenvalue weighted by molar-refractivity contribution is 0.0746. The molecule has 1 aliphatic rings. The normalized spacial score (nSPS) is 14.0. The van der Waals surface area contributed by atoms with Gasteiger partial charge in [-0.15, -0.1) is 0 Å². The average Bonchev–Trinajstić information content (AvgIpc) is 2.77. The average molecular weight is 414 g/mol. The number of ether oxygens (including phenoxy) is 1. The summed E-state index contributed by atoms with van der Waals surface area (Å²) in [4.78, 5) is 24.4. The van der Waals surface area contributed by atoms with Gasteiger partial charge in [-0.25, -0.2) is 23.1 Å². The molecule has 154 valence electrons. The van der Waals surface area contributed by atoms with Crippen LogP contribution < -0.4 is 9.64 Å². The van der Waals surface area contributed by atoms with Crippen molar-refractivity contribution in [3.63, 3.8) is 0 Å². The molecule has 0 saturated carbocycles. The second kappa shape index (κ2) is 8.40. The molecule has 2 aromatic carbocycles. The number of rotatable bonds is 4. The van der Waals surface area contributed by atoms with Crippen LogP contribution in [0.4, 0.5) is 19.0 Å². The first kappa shape index (κ1) is 19.7. The summed E-state index contributed by atoms with van der Waals surface area (Å²) in [5, 5.41) is 0. The molecule has 6 nitrogen and oxygen atoms in total. The minimum atomic E-state index is -1.01. The van der Waals surface area contributed by atoms with Crippen LogP contribution in [0.2, 0.25) is 0 Å². The lowest BCUT2D eigenvalue weighted by Crippen LogP contribution is -2.49. The number of nitrogens with zero attached hydrogens (tertiary/aromatic N) is 4. The van der Waals surface area contributed by atoms with Crippen molar-refractivity contribution >= 4 is 11.7 Å². The lowest BCUT2D eigenvalue weighted by atomic mass is 10.2. The van der Waals surface area contributed by atoms with Gasteiger partial charge in [0.25, 0.3) is 5.91 Å². The summed E-state index contributed by atoms with van der Waals surface area (Å²) in [5.41, 5.74) is 0.439. The number of anilines is 1. The van der Waals surface area contributed by atoms with E-state index in [1.54, 1.807) is 11.0 Å². The Hall–Kier alpha value is -3.62. The van der Waals surface area contributed by atoms with Crippen molar-refractivity contribution in [1.29, 1.82) is 0 Å². The zero-order valence-corrected chi connectivity index (χ0v) is 15.8. The highest BCUT2D eigenvalue weighted by Crippen LogP contribution is 2.24. The van der Waals surface area contributed by atoms with Gasteiger partial charge >= 0.3 is 0 Å². The van der Waals surface area contributed by atoms with Crippen molar-refractivity contribution in [2.24, 2.45) is 0 Å². The van der Waals surface area contributed by atoms with Crippen LogP contribution in [0.25, 0.3) is 0 Å². The zero-order valence-electron chi connectivity index (χ0n) is 15.8. The van der Waals surface area contributed by atoms with Gasteiger partial charge in [-0.1, -0.05) is 0 Å². The summed E-state index contributed by atoms with van der Waals surface area (Å²) in [5.74, 6) is -1.61. The van der Waals surface area contributed by atoms with Crippen LogP contribution >= 0.6 is 0 Å². The predicted octanol–water partition coefficient (Wildman–Crippen LogP) is 3.65. The molecular formula is C21H17F3N4O2. The van der Waals surface area contributed by atoms with Crippen molar-refractivity contribution in [3.8, 4) is 11.6 Å². The SMILES string of the molecule is O=C(c1ccc(F)cc1)N1CCN(c2cc(Oc3ccc(F)c(F)c3)ncn2)CC1. The minimum Gasteiger partial charge on any atom is -0.439 e. The predicted molar refractivity (Wildman–Crippen MR) is 103 cm³/mol. The summed E-state index contributed by atoms with van der Waals surface area (Å²) < 4.78 is 44.9. The van der Waals surface area contributed by atoms with E-state index in [0.29, 0.717) is 37.6 Å². The molecule has 0 N–H and O–H groups in total. The van der Waals surface area contributed by atoms with E-state index in [-0.39, 0.29) is 23.4 Å². The van der Waals surface area contributed by atoms with E-state index in [0.717, 1.165) is 12.1 Å². The van der Waals surface area contributed by atoms with Gasteiger partial charge in [-0.05, 0) is 36.4 Å². The zero-order chi connectivity index (χ0) is 21.1. The Morgan fingerprint density at radius 2 is 1.60 bits per heavy atom. The molecule has 2 heterocycles. The summed E-state index contributed by atoms with van der Waals surface area (Å²) in [7, 11) is 0. The highest BCUT2D eigenvalue weighted by Gasteiger charge is 2.23. The van der Waals surface area contributed by atoms with Gasteiger partial charge in [-0.2, -0.15) is 0 Å². The molecule has 0 bridgehead atoms.